The number of ether oxygens (including phenoxy) is 1. The molecule has 0 aliphatic carbocycles. The molecule has 1 aromatic carbocycles. The van der Waals surface area contributed by atoms with E-state index in [9.17, 15) is 4.79 Å². The van der Waals surface area contributed by atoms with Crippen LogP contribution in [0.1, 0.15) is 20.3 Å². The molecule has 0 bridgehead atoms. The number of carbonyl (C=O) groups is 1. The number of benzene rings is 1. The van der Waals surface area contributed by atoms with Crippen LogP contribution in [-0.2, 0) is 4.79 Å². The molecule has 19 heavy (non-hydrogen) atoms. The molecule has 0 unspecified atom stereocenters. The van der Waals surface area contributed by atoms with Crippen molar-refractivity contribution in [3.05, 3.63) is 30.3 Å². The largest absolute Gasteiger partial charge is 0.484 e. The maximum Gasteiger partial charge on any atom is 0.257 e. The fourth-order valence-electron chi connectivity index (χ4n) is 1.79. The number of hydrogen-bond acceptors (Lipinski definition) is 3. The Balaban J connectivity index is 2.08. The van der Waals surface area contributed by atoms with Gasteiger partial charge in [-0.25, -0.2) is 0 Å². The van der Waals surface area contributed by atoms with Gasteiger partial charge in [0.2, 0.25) is 0 Å². The van der Waals surface area contributed by atoms with E-state index < -0.39 is 0 Å². The van der Waals surface area contributed by atoms with Gasteiger partial charge in [-0.3, -0.25) is 4.79 Å². The van der Waals surface area contributed by atoms with E-state index in [2.05, 4.69) is 24.1 Å². The van der Waals surface area contributed by atoms with E-state index in [-0.39, 0.29) is 12.5 Å². The minimum absolute atomic E-state index is 0.0663. The van der Waals surface area contributed by atoms with Crippen LogP contribution in [0, 0.1) is 0 Å². The van der Waals surface area contributed by atoms with Crippen molar-refractivity contribution in [1.29, 1.82) is 0 Å². The number of nitrogens with zero attached hydrogens (tertiary/aromatic N) is 1. The number of rotatable bonds is 9. The number of nitrogens with one attached hydrogen (secondary N) is 1. The lowest BCUT2D eigenvalue weighted by atomic mass is 10.3. The first-order chi connectivity index (χ1) is 9.26. The monoisotopic (exact) mass is 264 g/mol. The Morgan fingerprint density at radius 1 is 1.21 bits per heavy atom. The Kier molecular flexibility index (Phi) is 7.66. The van der Waals surface area contributed by atoms with E-state index >= 15 is 0 Å². The van der Waals surface area contributed by atoms with Crippen molar-refractivity contribution in [2.75, 3.05) is 32.8 Å². The third kappa shape index (κ3) is 6.82. The first kappa shape index (κ1) is 15.5. The van der Waals surface area contributed by atoms with E-state index in [0.717, 1.165) is 31.8 Å². The topological polar surface area (TPSA) is 41.6 Å². The molecule has 0 saturated heterocycles. The van der Waals surface area contributed by atoms with E-state index in [0.29, 0.717) is 6.54 Å². The maximum atomic E-state index is 11.6. The van der Waals surface area contributed by atoms with Gasteiger partial charge in [-0.05, 0) is 38.2 Å². The molecular weight excluding hydrogens is 240 g/mol. The average Bonchev–Trinajstić information content (AvgIpc) is 2.46. The molecule has 1 aromatic rings. The summed E-state index contributed by atoms with van der Waals surface area (Å²) in [5, 5.41) is 2.87. The predicted octanol–water partition coefficient (Wildman–Crippen LogP) is 1.91. The summed E-state index contributed by atoms with van der Waals surface area (Å²) >= 11 is 0. The lowest BCUT2D eigenvalue weighted by molar-refractivity contribution is -0.123. The second-order valence-corrected chi connectivity index (χ2v) is 4.33. The minimum Gasteiger partial charge on any atom is -0.484 e. The molecule has 0 aromatic heterocycles. The molecule has 0 aliphatic heterocycles. The molecule has 4 heteroatoms. The van der Waals surface area contributed by atoms with Gasteiger partial charge >= 0.3 is 0 Å². The minimum atomic E-state index is -0.0663. The summed E-state index contributed by atoms with van der Waals surface area (Å²) < 4.78 is 5.37. The summed E-state index contributed by atoms with van der Waals surface area (Å²) in [6.45, 7) is 8.21. The summed E-state index contributed by atoms with van der Waals surface area (Å²) in [6, 6.07) is 9.37. The number of carbonyl (C=O) groups excluding carboxylic acids is 1. The Morgan fingerprint density at radius 2 is 1.89 bits per heavy atom. The molecule has 1 amide bonds. The second kappa shape index (κ2) is 9.39. The second-order valence-electron chi connectivity index (χ2n) is 4.33. The molecule has 1 rings (SSSR count). The first-order valence-electron chi connectivity index (χ1n) is 6.93. The fourth-order valence-corrected chi connectivity index (χ4v) is 1.79. The zero-order chi connectivity index (χ0) is 13.9. The highest BCUT2D eigenvalue weighted by atomic mass is 16.5. The molecule has 0 radical (unpaired) electrons. The van der Waals surface area contributed by atoms with E-state index in [4.69, 9.17) is 4.74 Å². The molecule has 0 saturated carbocycles. The van der Waals surface area contributed by atoms with Crippen LogP contribution in [0.4, 0.5) is 0 Å². The SMILES string of the molecule is CCN(CC)CCCNC(=O)COc1ccccc1. The van der Waals surface area contributed by atoms with Gasteiger partial charge in [-0.2, -0.15) is 0 Å². The normalized spacial score (nSPS) is 10.5. The Labute approximate surface area is 115 Å². The summed E-state index contributed by atoms with van der Waals surface area (Å²) in [6.07, 6.45) is 0.971. The number of amides is 1. The van der Waals surface area contributed by atoms with Crippen molar-refractivity contribution in [2.24, 2.45) is 0 Å². The molecule has 0 fully saturated rings. The molecule has 1 N–H and O–H groups in total. The summed E-state index contributed by atoms with van der Waals surface area (Å²) in [7, 11) is 0. The third-order valence-corrected chi connectivity index (χ3v) is 2.98. The van der Waals surface area contributed by atoms with Gasteiger partial charge in [0.05, 0.1) is 0 Å². The van der Waals surface area contributed by atoms with Crippen LogP contribution in [0.3, 0.4) is 0 Å². The molecule has 0 aliphatic rings. The predicted molar refractivity (Wildman–Crippen MR) is 77.4 cm³/mol. The van der Waals surface area contributed by atoms with Crippen LogP contribution < -0.4 is 10.1 Å². The molecule has 0 spiro atoms. The molecular formula is C15H24N2O2. The zero-order valence-corrected chi connectivity index (χ0v) is 11.9. The number of para-hydroxylation sites is 1. The zero-order valence-electron chi connectivity index (χ0n) is 11.9. The van der Waals surface area contributed by atoms with Crippen LogP contribution in [-0.4, -0.2) is 43.6 Å². The Bertz CT molecular complexity index is 350. The van der Waals surface area contributed by atoms with Gasteiger partial charge in [0, 0.05) is 6.54 Å². The highest BCUT2D eigenvalue weighted by Crippen LogP contribution is 2.07. The van der Waals surface area contributed by atoms with Gasteiger partial charge in [0.1, 0.15) is 5.75 Å². The quantitative estimate of drug-likeness (QED) is 0.693. The summed E-state index contributed by atoms with van der Waals surface area (Å²) in [5.74, 6) is 0.657. The summed E-state index contributed by atoms with van der Waals surface area (Å²) in [5.41, 5.74) is 0. The van der Waals surface area contributed by atoms with E-state index in [1.54, 1.807) is 0 Å². The van der Waals surface area contributed by atoms with Gasteiger partial charge in [-0.15, -0.1) is 0 Å². The van der Waals surface area contributed by atoms with Gasteiger partial charge in [0.25, 0.3) is 5.91 Å². The van der Waals surface area contributed by atoms with Gasteiger partial charge in [0.15, 0.2) is 6.61 Å². The maximum absolute atomic E-state index is 11.6. The number of hydrogen-bond donors (Lipinski definition) is 1. The first-order valence-corrected chi connectivity index (χ1v) is 6.93. The third-order valence-electron chi connectivity index (χ3n) is 2.98. The van der Waals surface area contributed by atoms with Crippen LogP contribution in [0.15, 0.2) is 30.3 Å². The van der Waals surface area contributed by atoms with Crippen molar-refractivity contribution < 1.29 is 9.53 Å². The lowest BCUT2D eigenvalue weighted by Crippen LogP contribution is -2.32. The van der Waals surface area contributed by atoms with E-state index in [1.165, 1.54) is 0 Å². The van der Waals surface area contributed by atoms with Gasteiger partial charge in [-0.1, -0.05) is 32.0 Å². The van der Waals surface area contributed by atoms with Crippen molar-refractivity contribution >= 4 is 5.91 Å². The molecule has 0 heterocycles. The van der Waals surface area contributed by atoms with Crippen LogP contribution in [0.5, 0.6) is 5.75 Å². The van der Waals surface area contributed by atoms with E-state index in [1.807, 2.05) is 30.3 Å². The highest BCUT2D eigenvalue weighted by molar-refractivity contribution is 5.77. The smallest absolute Gasteiger partial charge is 0.257 e. The Hall–Kier alpha value is -1.55. The Morgan fingerprint density at radius 3 is 2.53 bits per heavy atom. The van der Waals surface area contributed by atoms with Crippen molar-refractivity contribution in [3.8, 4) is 5.75 Å². The molecule has 4 nitrogen and oxygen atoms in total. The average molecular weight is 264 g/mol. The van der Waals surface area contributed by atoms with Crippen molar-refractivity contribution in [3.63, 3.8) is 0 Å². The van der Waals surface area contributed by atoms with Crippen LogP contribution in [0.25, 0.3) is 0 Å². The van der Waals surface area contributed by atoms with Crippen LogP contribution >= 0.6 is 0 Å². The van der Waals surface area contributed by atoms with Crippen LogP contribution in [0.2, 0.25) is 0 Å². The highest BCUT2D eigenvalue weighted by Gasteiger charge is 2.03. The van der Waals surface area contributed by atoms with Gasteiger partial charge < -0.3 is 15.0 Å². The fraction of sp³-hybridized carbons (Fsp3) is 0.533. The molecule has 0 atom stereocenters. The molecule has 106 valence electrons. The summed E-state index contributed by atoms with van der Waals surface area (Å²) in [4.78, 5) is 13.9. The van der Waals surface area contributed by atoms with Crippen molar-refractivity contribution in [2.45, 2.75) is 20.3 Å². The lowest BCUT2D eigenvalue weighted by Gasteiger charge is -2.17. The van der Waals surface area contributed by atoms with Crippen molar-refractivity contribution in [1.82, 2.24) is 10.2 Å². The standard InChI is InChI=1S/C15H24N2O2/c1-3-17(4-2)12-8-11-16-15(18)13-19-14-9-6-5-7-10-14/h5-7,9-10H,3-4,8,11-13H2,1-2H3,(H,16,18).